The molecular weight excluding hydrogens is 192 g/mol. The zero-order valence-electron chi connectivity index (χ0n) is 9.79. The van der Waals surface area contributed by atoms with Gasteiger partial charge in [-0.05, 0) is 12.8 Å². The van der Waals surface area contributed by atoms with Gasteiger partial charge in [0.15, 0.2) is 0 Å². The molecule has 1 fully saturated rings. The molecule has 0 saturated heterocycles. The van der Waals surface area contributed by atoms with Crippen LogP contribution in [0.15, 0.2) is 0 Å². The van der Waals surface area contributed by atoms with Gasteiger partial charge in [0.25, 0.3) is 0 Å². The van der Waals surface area contributed by atoms with E-state index in [2.05, 4.69) is 0 Å². The molecule has 0 amide bonds. The monoisotopic (exact) mass is 214 g/mol. The fraction of sp³-hybridized carbons (Fsp3) is 0.917. The van der Waals surface area contributed by atoms with E-state index < -0.39 is 0 Å². The summed E-state index contributed by atoms with van der Waals surface area (Å²) in [6.45, 7) is 4.14. The molecule has 0 aromatic heterocycles. The molecule has 1 aliphatic carbocycles. The molecule has 0 spiro atoms. The molecule has 1 N–H and O–H groups in total. The Balaban J connectivity index is 2.28. The maximum Gasteiger partial charge on any atom is 0.308 e. The minimum atomic E-state index is -0.315. The van der Waals surface area contributed by atoms with Crippen molar-refractivity contribution in [3.63, 3.8) is 0 Å². The van der Waals surface area contributed by atoms with Crippen molar-refractivity contribution in [3.8, 4) is 0 Å². The molecule has 3 nitrogen and oxygen atoms in total. The highest BCUT2D eigenvalue weighted by atomic mass is 16.5. The normalized spacial score (nSPS) is 18.9. The number of hydrogen-bond acceptors (Lipinski definition) is 3. The van der Waals surface area contributed by atoms with E-state index >= 15 is 0 Å². The van der Waals surface area contributed by atoms with E-state index in [0.717, 1.165) is 25.7 Å². The van der Waals surface area contributed by atoms with Gasteiger partial charge >= 0.3 is 5.97 Å². The Hall–Kier alpha value is -0.570. The van der Waals surface area contributed by atoms with E-state index in [9.17, 15) is 4.79 Å². The second-order valence-corrected chi connectivity index (χ2v) is 5.26. The largest absolute Gasteiger partial charge is 0.465 e. The molecule has 1 rings (SSSR count). The summed E-state index contributed by atoms with van der Waals surface area (Å²) >= 11 is 0. The van der Waals surface area contributed by atoms with Gasteiger partial charge in [-0.1, -0.05) is 33.1 Å². The van der Waals surface area contributed by atoms with E-state index in [0.29, 0.717) is 6.61 Å². The molecule has 0 aliphatic heterocycles. The fourth-order valence-corrected chi connectivity index (χ4v) is 1.77. The van der Waals surface area contributed by atoms with Crippen LogP contribution >= 0.6 is 0 Å². The minimum Gasteiger partial charge on any atom is -0.465 e. The first-order chi connectivity index (χ1) is 7.05. The third kappa shape index (κ3) is 4.20. The summed E-state index contributed by atoms with van der Waals surface area (Å²) in [5.74, 6) is 0.0319. The van der Waals surface area contributed by atoms with Gasteiger partial charge in [0.2, 0.25) is 0 Å². The summed E-state index contributed by atoms with van der Waals surface area (Å²) in [7, 11) is 0. The third-order valence-electron chi connectivity index (χ3n) is 2.97. The number of hydrogen-bond donors (Lipinski definition) is 1. The van der Waals surface area contributed by atoms with Crippen molar-refractivity contribution in [3.05, 3.63) is 0 Å². The van der Waals surface area contributed by atoms with Gasteiger partial charge in [0.1, 0.15) is 0 Å². The van der Waals surface area contributed by atoms with Crippen LogP contribution in [0.25, 0.3) is 0 Å². The van der Waals surface area contributed by atoms with E-state index in [4.69, 9.17) is 9.84 Å². The van der Waals surface area contributed by atoms with Gasteiger partial charge in [0, 0.05) is 5.41 Å². The van der Waals surface area contributed by atoms with Crippen LogP contribution in [0.5, 0.6) is 0 Å². The van der Waals surface area contributed by atoms with E-state index in [1.165, 1.54) is 6.42 Å². The van der Waals surface area contributed by atoms with Crippen LogP contribution < -0.4 is 0 Å². The SMILES string of the molecule is CC(C)(CO)COC(=O)C1CCCCC1. The fourth-order valence-electron chi connectivity index (χ4n) is 1.77. The Morgan fingerprint density at radius 1 is 1.33 bits per heavy atom. The molecule has 15 heavy (non-hydrogen) atoms. The predicted octanol–water partition coefficient (Wildman–Crippen LogP) is 2.13. The molecule has 88 valence electrons. The third-order valence-corrected chi connectivity index (χ3v) is 2.97. The molecule has 0 unspecified atom stereocenters. The number of carbonyl (C=O) groups is 1. The van der Waals surface area contributed by atoms with Gasteiger partial charge in [-0.2, -0.15) is 0 Å². The summed E-state index contributed by atoms with van der Waals surface area (Å²) in [5.41, 5.74) is -0.315. The van der Waals surface area contributed by atoms with Crippen molar-refractivity contribution >= 4 is 5.97 Å². The lowest BCUT2D eigenvalue weighted by molar-refractivity contribution is -0.153. The van der Waals surface area contributed by atoms with Crippen molar-refractivity contribution in [1.82, 2.24) is 0 Å². The zero-order chi connectivity index (χ0) is 11.3. The Morgan fingerprint density at radius 2 is 1.93 bits per heavy atom. The first-order valence-corrected chi connectivity index (χ1v) is 5.83. The summed E-state index contributed by atoms with van der Waals surface area (Å²) in [6, 6.07) is 0. The molecule has 1 saturated carbocycles. The average molecular weight is 214 g/mol. The number of esters is 1. The highest BCUT2D eigenvalue weighted by molar-refractivity contribution is 5.72. The van der Waals surface area contributed by atoms with Crippen molar-refractivity contribution in [1.29, 1.82) is 0 Å². The number of carbonyl (C=O) groups excluding carboxylic acids is 1. The number of aliphatic hydroxyl groups excluding tert-OH is 1. The van der Waals surface area contributed by atoms with Crippen LogP contribution in [-0.2, 0) is 9.53 Å². The van der Waals surface area contributed by atoms with Crippen LogP contribution in [0.3, 0.4) is 0 Å². The van der Waals surface area contributed by atoms with E-state index in [-0.39, 0.29) is 23.9 Å². The molecule has 0 bridgehead atoms. The molecule has 0 atom stereocenters. The standard InChI is InChI=1S/C12H22O3/c1-12(2,8-13)9-15-11(14)10-6-4-3-5-7-10/h10,13H,3-9H2,1-2H3. The van der Waals surface area contributed by atoms with Crippen molar-refractivity contribution < 1.29 is 14.6 Å². The van der Waals surface area contributed by atoms with Gasteiger partial charge in [0.05, 0.1) is 19.1 Å². The molecule has 0 aromatic rings. The van der Waals surface area contributed by atoms with Crippen molar-refractivity contribution in [2.75, 3.05) is 13.2 Å². The maximum atomic E-state index is 11.7. The zero-order valence-corrected chi connectivity index (χ0v) is 9.79. The summed E-state index contributed by atoms with van der Waals surface area (Å²) < 4.78 is 5.24. The van der Waals surface area contributed by atoms with Crippen LogP contribution in [0.2, 0.25) is 0 Å². The molecular formula is C12H22O3. The van der Waals surface area contributed by atoms with Crippen LogP contribution in [0.4, 0.5) is 0 Å². The molecule has 0 radical (unpaired) electrons. The van der Waals surface area contributed by atoms with Crippen LogP contribution in [0, 0.1) is 11.3 Å². The first-order valence-electron chi connectivity index (χ1n) is 5.83. The van der Waals surface area contributed by atoms with Gasteiger partial charge in [-0.25, -0.2) is 0 Å². The quantitative estimate of drug-likeness (QED) is 0.729. The maximum absolute atomic E-state index is 11.7. The molecule has 3 heteroatoms. The van der Waals surface area contributed by atoms with Gasteiger partial charge in [-0.3, -0.25) is 4.79 Å². The molecule has 1 aliphatic rings. The lowest BCUT2D eigenvalue weighted by Crippen LogP contribution is -2.28. The van der Waals surface area contributed by atoms with E-state index in [1.54, 1.807) is 0 Å². The Bertz CT molecular complexity index is 205. The second kappa shape index (κ2) is 5.50. The number of ether oxygens (including phenoxy) is 1. The summed E-state index contributed by atoms with van der Waals surface area (Å²) in [6.07, 6.45) is 5.47. The highest BCUT2D eigenvalue weighted by Gasteiger charge is 2.25. The lowest BCUT2D eigenvalue weighted by Gasteiger charge is -2.24. The average Bonchev–Trinajstić information content (AvgIpc) is 2.27. The predicted molar refractivity (Wildman–Crippen MR) is 58.4 cm³/mol. The topological polar surface area (TPSA) is 46.5 Å². The van der Waals surface area contributed by atoms with Gasteiger partial charge < -0.3 is 9.84 Å². The Morgan fingerprint density at radius 3 is 2.47 bits per heavy atom. The highest BCUT2D eigenvalue weighted by Crippen LogP contribution is 2.25. The first kappa shape index (κ1) is 12.5. The van der Waals surface area contributed by atoms with Gasteiger partial charge in [-0.15, -0.1) is 0 Å². The summed E-state index contributed by atoms with van der Waals surface area (Å²) in [4.78, 5) is 11.7. The Kier molecular flexibility index (Phi) is 4.58. The second-order valence-electron chi connectivity index (χ2n) is 5.26. The van der Waals surface area contributed by atoms with Crippen molar-refractivity contribution in [2.45, 2.75) is 46.0 Å². The molecule has 0 heterocycles. The lowest BCUT2D eigenvalue weighted by atomic mass is 9.89. The number of aliphatic hydroxyl groups is 1. The number of rotatable bonds is 4. The van der Waals surface area contributed by atoms with Crippen LogP contribution in [-0.4, -0.2) is 24.3 Å². The van der Waals surface area contributed by atoms with Crippen molar-refractivity contribution in [2.24, 2.45) is 11.3 Å². The van der Waals surface area contributed by atoms with E-state index in [1.807, 2.05) is 13.8 Å². The van der Waals surface area contributed by atoms with Crippen LogP contribution in [0.1, 0.15) is 46.0 Å². The minimum absolute atomic E-state index is 0.0466. The smallest absolute Gasteiger partial charge is 0.308 e. The summed E-state index contributed by atoms with van der Waals surface area (Å²) in [5, 5.41) is 9.03. The molecule has 0 aromatic carbocycles. The Labute approximate surface area is 91.8 Å².